The van der Waals surface area contributed by atoms with Crippen LogP contribution in [0.2, 0.25) is 0 Å². The number of anilines is 1. The first-order valence-corrected chi connectivity index (χ1v) is 5.75. The lowest BCUT2D eigenvalue weighted by Gasteiger charge is -2.07. The van der Waals surface area contributed by atoms with E-state index in [2.05, 4.69) is 10.3 Å². The molecule has 0 unspecified atom stereocenters. The molecule has 2 N–H and O–H groups in total. The van der Waals surface area contributed by atoms with Gasteiger partial charge in [0.1, 0.15) is 11.5 Å². The van der Waals surface area contributed by atoms with E-state index >= 15 is 0 Å². The summed E-state index contributed by atoms with van der Waals surface area (Å²) in [6, 6.07) is 8.04. The number of carboxylic acids is 1. The SMILES string of the molecule is Cc1cccc(C(=O)Nc2cc(C(=O)O)ccc2F)n1. The number of halogens is 1. The summed E-state index contributed by atoms with van der Waals surface area (Å²) in [6.45, 7) is 1.72. The van der Waals surface area contributed by atoms with Gasteiger partial charge in [0.2, 0.25) is 0 Å². The molecule has 0 saturated heterocycles. The molecular formula is C14H11FN2O3. The van der Waals surface area contributed by atoms with Crippen molar-refractivity contribution in [1.29, 1.82) is 0 Å². The molecule has 1 amide bonds. The molecule has 6 heteroatoms. The number of nitrogens with one attached hydrogen (secondary N) is 1. The molecule has 0 aliphatic rings. The molecule has 0 saturated carbocycles. The van der Waals surface area contributed by atoms with E-state index in [1.807, 2.05) is 0 Å². The van der Waals surface area contributed by atoms with Crippen molar-refractivity contribution in [2.75, 3.05) is 5.32 Å². The summed E-state index contributed by atoms with van der Waals surface area (Å²) >= 11 is 0. The highest BCUT2D eigenvalue weighted by Gasteiger charge is 2.13. The Labute approximate surface area is 114 Å². The van der Waals surface area contributed by atoms with Gasteiger partial charge in [-0.15, -0.1) is 0 Å². The number of aromatic carboxylic acids is 1. The van der Waals surface area contributed by atoms with Crippen LogP contribution in [-0.4, -0.2) is 22.0 Å². The van der Waals surface area contributed by atoms with E-state index in [1.165, 1.54) is 6.07 Å². The molecule has 1 aromatic heterocycles. The first-order chi connectivity index (χ1) is 9.47. The molecule has 0 atom stereocenters. The molecule has 102 valence electrons. The number of benzene rings is 1. The van der Waals surface area contributed by atoms with Gasteiger partial charge in [-0.1, -0.05) is 6.07 Å². The monoisotopic (exact) mass is 274 g/mol. The quantitative estimate of drug-likeness (QED) is 0.901. The molecule has 0 spiro atoms. The molecule has 0 aliphatic heterocycles. The van der Waals surface area contributed by atoms with Crippen molar-refractivity contribution >= 4 is 17.6 Å². The van der Waals surface area contributed by atoms with Gasteiger partial charge in [-0.2, -0.15) is 0 Å². The molecular weight excluding hydrogens is 263 g/mol. The van der Waals surface area contributed by atoms with Crippen LogP contribution in [0, 0.1) is 12.7 Å². The van der Waals surface area contributed by atoms with Crippen LogP contribution in [0.3, 0.4) is 0 Å². The van der Waals surface area contributed by atoms with Crippen LogP contribution in [0.15, 0.2) is 36.4 Å². The fraction of sp³-hybridized carbons (Fsp3) is 0.0714. The molecule has 2 aromatic rings. The van der Waals surface area contributed by atoms with E-state index in [-0.39, 0.29) is 16.9 Å². The third kappa shape index (κ3) is 2.97. The Hall–Kier alpha value is -2.76. The van der Waals surface area contributed by atoms with Crippen molar-refractivity contribution in [3.05, 3.63) is 59.2 Å². The first kappa shape index (κ1) is 13.7. The van der Waals surface area contributed by atoms with Crippen molar-refractivity contribution in [2.45, 2.75) is 6.92 Å². The van der Waals surface area contributed by atoms with Crippen molar-refractivity contribution in [3.8, 4) is 0 Å². The maximum Gasteiger partial charge on any atom is 0.335 e. The molecule has 20 heavy (non-hydrogen) atoms. The number of nitrogens with zero attached hydrogens (tertiary/aromatic N) is 1. The van der Waals surface area contributed by atoms with E-state index in [0.717, 1.165) is 18.2 Å². The number of hydrogen-bond donors (Lipinski definition) is 2. The number of hydrogen-bond acceptors (Lipinski definition) is 3. The predicted molar refractivity (Wildman–Crippen MR) is 70.3 cm³/mol. The van der Waals surface area contributed by atoms with Crippen LogP contribution in [0.4, 0.5) is 10.1 Å². The molecule has 1 heterocycles. The second kappa shape index (κ2) is 5.48. The third-order valence-electron chi connectivity index (χ3n) is 2.58. The van der Waals surface area contributed by atoms with Gasteiger partial charge in [0.15, 0.2) is 0 Å². The molecule has 1 aromatic carbocycles. The van der Waals surface area contributed by atoms with Gasteiger partial charge in [-0.05, 0) is 37.3 Å². The first-order valence-electron chi connectivity index (χ1n) is 5.75. The lowest BCUT2D eigenvalue weighted by molar-refractivity contribution is 0.0696. The number of pyridine rings is 1. The fourth-order valence-electron chi connectivity index (χ4n) is 1.61. The second-order valence-corrected chi connectivity index (χ2v) is 4.12. The summed E-state index contributed by atoms with van der Waals surface area (Å²) in [4.78, 5) is 26.7. The summed E-state index contributed by atoms with van der Waals surface area (Å²) in [5, 5.41) is 11.1. The van der Waals surface area contributed by atoms with Crippen LogP contribution in [-0.2, 0) is 0 Å². The summed E-state index contributed by atoms with van der Waals surface area (Å²) < 4.78 is 13.6. The van der Waals surface area contributed by atoms with Crippen LogP contribution < -0.4 is 5.32 Å². The Morgan fingerprint density at radius 2 is 2.00 bits per heavy atom. The van der Waals surface area contributed by atoms with Crippen LogP contribution in [0.5, 0.6) is 0 Å². The zero-order chi connectivity index (χ0) is 14.7. The number of carbonyl (C=O) groups excluding carboxylic acids is 1. The van der Waals surface area contributed by atoms with E-state index in [0.29, 0.717) is 5.69 Å². The van der Waals surface area contributed by atoms with Gasteiger partial charge in [0.25, 0.3) is 5.91 Å². The molecule has 0 aliphatic carbocycles. The third-order valence-corrected chi connectivity index (χ3v) is 2.58. The minimum Gasteiger partial charge on any atom is -0.478 e. The van der Waals surface area contributed by atoms with Crippen LogP contribution >= 0.6 is 0 Å². The Morgan fingerprint density at radius 1 is 1.25 bits per heavy atom. The fourth-order valence-corrected chi connectivity index (χ4v) is 1.61. The highest BCUT2D eigenvalue weighted by Crippen LogP contribution is 2.17. The lowest BCUT2D eigenvalue weighted by Crippen LogP contribution is -2.15. The number of aryl methyl sites for hydroxylation is 1. The highest BCUT2D eigenvalue weighted by molar-refractivity contribution is 6.03. The zero-order valence-electron chi connectivity index (χ0n) is 10.6. The van der Waals surface area contributed by atoms with E-state index in [4.69, 9.17) is 5.11 Å². The minimum absolute atomic E-state index is 0.112. The normalized spacial score (nSPS) is 10.1. The topological polar surface area (TPSA) is 79.3 Å². The van der Waals surface area contributed by atoms with Gasteiger partial charge in [0.05, 0.1) is 11.3 Å². The number of carboxylic acid groups (broad SMARTS) is 1. The Kier molecular flexibility index (Phi) is 3.74. The van der Waals surface area contributed by atoms with E-state index in [9.17, 15) is 14.0 Å². The average Bonchev–Trinajstić information content (AvgIpc) is 2.41. The Bertz CT molecular complexity index is 686. The minimum atomic E-state index is -1.20. The van der Waals surface area contributed by atoms with Crippen molar-refractivity contribution in [2.24, 2.45) is 0 Å². The van der Waals surface area contributed by atoms with Crippen LogP contribution in [0.1, 0.15) is 26.5 Å². The smallest absolute Gasteiger partial charge is 0.335 e. The van der Waals surface area contributed by atoms with Crippen molar-refractivity contribution < 1.29 is 19.1 Å². The number of rotatable bonds is 3. The molecule has 5 nitrogen and oxygen atoms in total. The molecule has 0 bridgehead atoms. The maximum absolute atomic E-state index is 13.6. The standard InChI is InChI=1S/C14H11FN2O3/c1-8-3-2-4-11(16-8)13(18)17-12-7-9(14(19)20)5-6-10(12)15/h2-7H,1H3,(H,17,18)(H,19,20). The highest BCUT2D eigenvalue weighted by atomic mass is 19.1. The summed E-state index contributed by atoms with van der Waals surface area (Å²) in [5.74, 6) is -2.51. The summed E-state index contributed by atoms with van der Waals surface area (Å²) in [5.41, 5.74) is 0.472. The number of carbonyl (C=O) groups is 2. The van der Waals surface area contributed by atoms with Gasteiger partial charge in [-0.25, -0.2) is 14.2 Å². The van der Waals surface area contributed by atoms with Gasteiger partial charge < -0.3 is 10.4 Å². The largest absolute Gasteiger partial charge is 0.478 e. The van der Waals surface area contributed by atoms with E-state index in [1.54, 1.807) is 19.1 Å². The lowest BCUT2D eigenvalue weighted by atomic mass is 10.2. The summed E-state index contributed by atoms with van der Waals surface area (Å²) in [6.07, 6.45) is 0. The van der Waals surface area contributed by atoms with Gasteiger partial charge in [-0.3, -0.25) is 4.79 Å². The van der Waals surface area contributed by atoms with Gasteiger partial charge in [0, 0.05) is 5.69 Å². The average molecular weight is 274 g/mol. The molecule has 0 radical (unpaired) electrons. The molecule has 2 rings (SSSR count). The molecule has 0 fully saturated rings. The number of aromatic nitrogens is 1. The Balaban J connectivity index is 2.27. The van der Waals surface area contributed by atoms with Gasteiger partial charge >= 0.3 is 5.97 Å². The van der Waals surface area contributed by atoms with Crippen molar-refractivity contribution in [1.82, 2.24) is 4.98 Å². The van der Waals surface area contributed by atoms with Crippen molar-refractivity contribution in [3.63, 3.8) is 0 Å². The summed E-state index contributed by atoms with van der Waals surface area (Å²) in [7, 11) is 0. The Morgan fingerprint density at radius 3 is 2.65 bits per heavy atom. The second-order valence-electron chi connectivity index (χ2n) is 4.12. The zero-order valence-corrected chi connectivity index (χ0v) is 10.6. The van der Waals surface area contributed by atoms with E-state index < -0.39 is 17.7 Å². The number of amides is 1. The predicted octanol–water partition coefficient (Wildman–Crippen LogP) is 2.48. The van der Waals surface area contributed by atoms with Crippen LogP contribution in [0.25, 0.3) is 0 Å². The maximum atomic E-state index is 13.6.